The van der Waals surface area contributed by atoms with Crippen molar-refractivity contribution in [3.8, 4) is 5.75 Å². The van der Waals surface area contributed by atoms with E-state index in [-0.39, 0.29) is 6.04 Å². The zero-order valence-electron chi connectivity index (χ0n) is 12.9. The summed E-state index contributed by atoms with van der Waals surface area (Å²) in [5.74, 6) is 1.42. The number of nitrogens with zero attached hydrogens (tertiary/aromatic N) is 1. The molecular weight excluding hydrogens is 262 g/mol. The van der Waals surface area contributed by atoms with Gasteiger partial charge in [-0.2, -0.15) is 0 Å². The summed E-state index contributed by atoms with van der Waals surface area (Å²) < 4.78 is 5.55. The van der Waals surface area contributed by atoms with Crippen LogP contribution in [-0.2, 0) is 0 Å². The van der Waals surface area contributed by atoms with Crippen LogP contribution in [0.1, 0.15) is 36.1 Å². The van der Waals surface area contributed by atoms with Crippen LogP contribution in [0.3, 0.4) is 0 Å². The molecule has 0 saturated heterocycles. The van der Waals surface area contributed by atoms with Crippen LogP contribution in [0, 0.1) is 6.92 Å². The Labute approximate surface area is 126 Å². The molecule has 0 aliphatic rings. The Balaban J connectivity index is 2.48. The van der Waals surface area contributed by atoms with Crippen molar-refractivity contribution in [3.05, 3.63) is 53.2 Å². The van der Waals surface area contributed by atoms with Crippen molar-refractivity contribution >= 4 is 5.82 Å². The molecule has 0 radical (unpaired) electrons. The average Bonchev–Trinajstić information content (AvgIpc) is 2.50. The second-order valence-corrected chi connectivity index (χ2v) is 5.11. The van der Waals surface area contributed by atoms with Crippen LogP contribution in [0.25, 0.3) is 0 Å². The molecule has 2 aromatic rings. The Bertz CT molecular complexity index is 598. The van der Waals surface area contributed by atoms with Crippen LogP contribution < -0.4 is 15.8 Å². The van der Waals surface area contributed by atoms with Crippen molar-refractivity contribution in [3.63, 3.8) is 0 Å². The molecule has 3 N–H and O–H groups in total. The minimum Gasteiger partial charge on any atom is -0.496 e. The first-order chi connectivity index (χ1) is 10.2. The molecule has 0 aliphatic carbocycles. The van der Waals surface area contributed by atoms with Gasteiger partial charge in [-0.05, 0) is 37.6 Å². The summed E-state index contributed by atoms with van der Waals surface area (Å²) in [5, 5.41) is 3.54. The topological polar surface area (TPSA) is 60.2 Å². The van der Waals surface area contributed by atoms with Gasteiger partial charge in [0.2, 0.25) is 0 Å². The first kappa shape index (κ1) is 15.3. The first-order valence-corrected chi connectivity index (χ1v) is 7.25. The van der Waals surface area contributed by atoms with Gasteiger partial charge < -0.3 is 15.8 Å². The van der Waals surface area contributed by atoms with E-state index in [4.69, 9.17) is 10.5 Å². The third-order valence-corrected chi connectivity index (χ3v) is 3.48. The Morgan fingerprint density at radius 2 is 2.10 bits per heavy atom. The standard InChI is InChI=1S/C17H23N3O/c1-4-9-19-16(14-6-5-10-20-17(14)18)13-8-7-12(2)11-15(13)21-3/h5-8,10-11,16,19H,4,9H2,1-3H3,(H2,18,20). The van der Waals surface area contributed by atoms with Gasteiger partial charge in [0.05, 0.1) is 13.2 Å². The normalized spacial score (nSPS) is 12.1. The van der Waals surface area contributed by atoms with E-state index in [1.54, 1.807) is 13.3 Å². The summed E-state index contributed by atoms with van der Waals surface area (Å²) in [5.41, 5.74) is 9.29. The van der Waals surface area contributed by atoms with Crippen molar-refractivity contribution in [1.82, 2.24) is 10.3 Å². The van der Waals surface area contributed by atoms with E-state index >= 15 is 0 Å². The molecule has 21 heavy (non-hydrogen) atoms. The molecule has 1 atom stereocenters. The van der Waals surface area contributed by atoms with Crippen LogP contribution in [0.15, 0.2) is 36.5 Å². The lowest BCUT2D eigenvalue weighted by atomic mass is 9.97. The maximum atomic E-state index is 6.06. The minimum absolute atomic E-state index is 0.0193. The first-order valence-electron chi connectivity index (χ1n) is 7.25. The number of methoxy groups -OCH3 is 1. The summed E-state index contributed by atoms with van der Waals surface area (Å²) in [6.45, 7) is 5.10. The molecule has 4 heteroatoms. The van der Waals surface area contributed by atoms with Crippen molar-refractivity contribution in [2.45, 2.75) is 26.3 Å². The Morgan fingerprint density at radius 3 is 2.76 bits per heavy atom. The van der Waals surface area contributed by atoms with Crippen LogP contribution >= 0.6 is 0 Å². The predicted octanol–water partition coefficient (Wildman–Crippen LogP) is 3.07. The van der Waals surface area contributed by atoms with Gasteiger partial charge >= 0.3 is 0 Å². The summed E-state index contributed by atoms with van der Waals surface area (Å²) in [6, 6.07) is 10.1. The lowest BCUT2D eigenvalue weighted by molar-refractivity contribution is 0.403. The molecule has 0 amide bonds. The number of rotatable bonds is 6. The fourth-order valence-corrected chi connectivity index (χ4v) is 2.41. The van der Waals surface area contributed by atoms with Crippen LogP contribution in [0.4, 0.5) is 5.82 Å². The molecule has 1 heterocycles. The Hall–Kier alpha value is -2.07. The number of hydrogen-bond donors (Lipinski definition) is 2. The van der Waals surface area contributed by atoms with E-state index in [0.717, 1.165) is 29.8 Å². The molecule has 0 saturated carbocycles. The smallest absolute Gasteiger partial charge is 0.128 e. The summed E-state index contributed by atoms with van der Waals surface area (Å²) >= 11 is 0. The zero-order chi connectivity index (χ0) is 15.2. The van der Waals surface area contributed by atoms with Crippen molar-refractivity contribution in [2.24, 2.45) is 0 Å². The number of aryl methyl sites for hydroxylation is 1. The largest absolute Gasteiger partial charge is 0.496 e. The molecule has 2 rings (SSSR count). The van der Waals surface area contributed by atoms with Crippen molar-refractivity contribution in [1.29, 1.82) is 0 Å². The molecule has 1 aromatic carbocycles. The van der Waals surface area contributed by atoms with Crippen LogP contribution in [0.5, 0.6) is 5.75 Å². The number of pyridine rings is 1. The third kappa shape index (κ3) is 3.52. The van der Waals surface area contributed by atoms with Gasteiger partial charge in [0.25, 0.3) is 0 Å². The Morgan fingerprint density at radius 1 is 1.29 bits per heavy atom. The maximum absolute atomic E-state index is 6.06. The van der Waals surface area contributed by atoms with Crippen LogP contribution in [0.2, 0.25) is 0 Å². The minimum atomic E-state index is -0.0193. The third-order valence-electron chi connectivity index (χ3n) is 3.48. The van der Waals surface area contributed by atoms with Gasteiger partial charge in [0, 0.05) is 17.3 Å². The van der Waals surface area contributed by atoms with Gasteiger partial charge in [-0.25, -0.2) is 4.98 Å². The molecule has 1 unspecified atom stereocenters. The lowest BCUT2D eigenvalue weighted by Crippen LogP contribution is -2.25. The number of benzene rings is 1. The average molecular weight is 285 g/mol. The molecule has 0 spiro atoms. The van der Waals surface area contributed by atoms with Crippen molar-refractivity contribution < 1.29 is 4.74 Å². The molecule has 0 bridgehead atoms. The number of anilines is 1. The molecule has 0 aliphatic heterocycles. The highest BCUT2D eigenvalue weighted by atomic mass is 16.5. The zero-order valence-corrected chi connectivity index (χ0v) is 12.9. The lowest BCUT2D eigenvalue weighted by Gasteiger charge is -2.23. The Kier molecular flexibility index (Phi) is 5.17. The number of nitrogens with two attached hydrogens (primary N) is 1. The SMILES string of the molecule is CCCNC(c1ccc(C)cc1OC)c1cccnc1N. The van der Waals surface area contributed by atoms with Gasteiger partial charge in [-0.3, -0.25) is 0 Å². The monoisotopic (exact) mass is 285 g/mol. The quantitative estimate of drug-likeness (QED) is 0.856. The summed E-state index contributed by atoms with van der Waals surface area (Å²) in [4.78, 5) is 4.20. The van der Waals surface area contributed by atoms with E-state index in [0.29, 0.717) is 5.82 Å². The van der Waals surface area contributed by atoms with Crippen molar-refractivity contribution in [2.75, 3.05) is 19.4 Å². The highest BCUT2D eigenvalue weighted by molar-refractivity contribution is 5.50. The van der Waals surface area contributed by atoms with E-state index in [1.807, 2.05) is 18.2 Å². The van der Waals surface area contributed by atoms with E-state index in [1.165, 1.54) is 5.56 Å². The fraction of sp³-hybridized carbons (Fsp3) is 0.353. The number of hydrogen-bond acceptors (Lipinski definition) is 4. The van der Waals surface area contributed by atoms with Gasteiger partial charge in [-0.15, -0.1) is 0 Å². The molecule has 112 valence electrons. The van der Waals surface area contributed by atoms with Crippen LogP contribution in [-0.4, -0.2) is 18.6 Å². The molecular formula is C17H23N3O. The summed E-state index contributed by atoms with van der Waals surface area (Å²) in [7, 11) is 1.70. The molecule has 0 fully saturated rings. The molecule has 1 aromatic heterocycles. The second-order valence-electron chi connectivity index (χ2n) is 5.11. The highest BCUT2D eigenvalue weighted by Crippen LogP contribution is 2.32. The van der Waals surface area contributed by atoms with Gasteiger partial charge in [0.1, 0.15) is 11.6 Å². The number of nitrogen functional groups attached to an aromatic ring is 1. The molecule has 4 nitrogen and oxygen atoms in total. The fourth-order valence-electron chi connectivity index (χ4n) is 2.41. The maximum Gasteiger partial charge on any atom is 0.128 e. The van der Waals surface area contributed by atoms with E-state index in [9.17, 15) is 0 Å². The number of ether oxygens (including phenoxy) is 1. The predicted molar refractivity (Wildman–Crippen MR) is 86.5 cm³/mol. The van der Waals surface area contributed by atoms with E-state index in [2.05, 4.69) is 36.3 Å². The summed E-state index contributed by atoms with van der Waals surface area (Å²) in [6.07, 6.45) is 2.76. The van der Waals surface area contributed by atoms with Gasteiger partial charge in [0.15, 0.2) is 0 Å². The second kappa shape index (κ2) is 7.09. The number of aromatic nitrogens is 1. The van der Waals surface area contributed by atoms with Gasteiger partial charge in [-0.1, -0.05) is 25.1 Å². The highest BCUT2D eigenvalue weighted by Gasteiger charge is 2.20. The van der Waals surface area contributed by atoms with E-state index < -0.39 is 0 Å². The number of nitrogens with one attached hydrogen (secondary N) is 1.